The Bertz CT molecular complexity index is 750. The van der Waals surface area contributed by atoms with Crippen molar-refractivity contribution in [1.82, 2.24) is 0 Å². The molecule has 0 saturated carbocycles. The van der Waals surface area contributed by atoms with Crippen LogP contribution in [-0.4, -0.2) is 13.1 Å². The Balaban J connectivity index is 2.00. The Morgan fingerprint density at radius 2 is 1.83 bits per heavy atom. The lowest BCUT2D eigenvalue weighted by atomic mass is 10.0. The maximum atomic E-state index is 12.7. The van der Waals surface area contributed by atoms with E-state index in [2.05, 4.69) is 35.2 Å². The number of fused-ring (bicyclic) bond motifs is 1. The van der Waals surface area contributed by atoms with Crippen molar-refractivity contribution in [1.29, 1.82) is 5.26 Å². The number of aryl methyl sites for hydroxylation is 1. The van der Waals surface area contributed by atoms with Crippen molar-refractivity contribution in [3.05, 3.63) is 63.5 Å². The van der Waals surface area contributed by atoms with Crippen LogP contribution >= 0.6 is 0 Å². The summed E-state index contributed by atoms with van der Waals surface area (Å²) < 4.78 is 0.952. The first-order valence-corrected chi connectivity index (χ1v) is 8.13. The van der Waals surface area contributed by atoms with E-state index in [0.717, 1.165) is 42.6 Å². The average Bonchev–Trinajstić information content (AvgIpc) is 2.79. The molecule has 4 heteroatoms. The molecule has 0 saturated heterocycles. The van der Waals surface area contributed by atoms with Crippen molar-refractivity contribution in [2.75, 3.05) is 18.0 Å². The van der Waals surface area contributed by atoms with Crippen molar-refractivity contribution in [3.63, 3.8) is 0 Å². The molecule has 0 fully saturated rings. The highest BCUT2D eigenvalue weighted by Crippen LogP contribution is 2.23. The zero-order valence-corrected chi connectivity index (χ0v) is 13.7. The molecule has 23 heavy (non-hydrogen) atoms. The van der Waals surface area contributed by atoms with Crippen LogP contribution in [0.15, 0.2) is 30.3 Å². The van der Waals surface area contributed by atoms with Gasteiger partial charge in [-0.2, -0.15) is 5.26 Å². The van der Waals surface area contributed by atoms with E-state index in [9.17, 15) is 10.5 Å². The molecule has 0 atom stereocenters. The van der Waals surface area contributed by atoms with Gasteiger partial charge in [-0.25, -0.2) is 4.73 Å². The third-order valence-corrected chi connectivity index (χ3v) is 4.74. The largest absolute Gasteiger partial charge is 0.710 e. The highest BCUT2D eigenvalue weighted by Gasteiger charge is 2.26. The molecule has 0 spiro atoms. The van der Waals surface area contributed by atoms with Crippen molar-refractivity contribution >= 4 is 5.82 Å². The maximum Gasteiger partial charge on any atom is 0.298 e. The predicted molar refractivity (Wildman–Crippen MR) is 90.3 cm³/mol. The lowest BCUT2D eigenvalue weighted by Gasteiger charge is -2.23. The van der Waals surface area contributed by atoms with Crippen molar-refractivity contribution < 1.29 is 4.73 Å². The molecule has 0 N–H and O–H groups in total. The predicted octanol–water partition coefficient (Wildman–Crippen LogP) is 2.67. The van der Waals surface area contributed by atoms with E-state index in [0.29, 0.717) is 17.1 Å². The zero-order chi connectivity index (χ0) is 16.4. The van der Waals surface area contributed by atoms with E-state index in [4.69, 9.17) is 0 Å². The molecule has 1 aliphatic rings. The van der Waals surface area contributed by atoms with E-state index in [1.165, 1.54) is 11.1 Å². The number of nitriles is 1. The van der Waals surface area contributed by atoms with Crippen LogP contribution in [0.25, 0.3) is 0 Å². The summed E-state index contributed by atoms with van der Waals surface area (Å²) in [5, 5.41) is 22.2. The number of anilines is 1. The second-order valence-corrected chi connectivity index (χ2v) is 6.01. The number of hydrogen-bond donors (Lipinski definition) is 0. The Hall–Kier alpha value is -2.54. The molecule has 0 bridgehead atoms. The van der Waals surface area contributed by atoms with Crippen LogP contribution in [0.1, 0.15) is 34.9 Å². The summed E-state index contributed by atoms with van der Waals surface area (Å²) in [6, 6.07) is 12.5. The number of nitrogens with zero attached hydrogens (tertiary/aromatic N) is 3. The lowest BCUT2D eigenvalue weighted by Crippen LogP contribution is -2.43. The quantitative estimate of drug-likeness (QED) is 0.633. The van der Waals surface area contributed by atoms with Gasteiger partial charge in [0.25, 0.3) is 5.82 Å². The molecule has 1 aromatic heterocycles. The second kappa shape index (κ2) is 6.29. The van der Waals surface area contributed by atoms with Crippen LogP contribution in [0.3, 0.4) is 0 Å². The standard InChI is InChI=1S/C19H21N3O/c1-3-15-12-18(13-20)19(22(23)14(15)2)21-10-8-16-6-4-5-7-17(16)9-11-21/h4-7,12H,3,8-11H2,1-2H3. The van der Waals surface area contributed by atoms with Gasteiger partial charge in [-0.15, -0.1) is 0 Å². The summed E-state index contributed by atoms with van der Waals surface area (Å²) in [6.45, 7) is 5.37. The monoisotopic (exact) mass is 307 g/mol. The molecule has 2 heterocycles. The number of hydrogen-bond acceptors (Lipinski definition) is 3. The third kappa shape index (κ3) is 2.75. The molecular weight excluding hydrogens is 286 g/mol. The van der Waals surface area contributed by atoms with Crippen molar-refractivity contribution in [2.45, 2.75) is 33.1 Å². The minimum absolute atomic E-state index is 0.480. The van der Waals surface area contributed by atoms with E-state index in [1.807, 2.05) is 19.9 Å². The summed E-state index contributed by atoms with van der Waals surface area (Å²) >= 11 is 0. The fraction of sp³-hybridized carbons (Fsp3) is 0.368. The summed E-state index contributed by atoms with van der Waals surface area (Å²) in [5.41, 5.74) is 4.80. The van der Waals surface area contributed by atoms with Gasteiger partial charge in [-0.05, 0) is 36.1 Å². The smallest absolute Gasteiger partial charge is 0.298 e. The van der Waals surface area contributed by atoms with Gasteiger partial charge in [0.2, 0.25) is 0 Å². The molecule has 1 aliphatic heterocycles. The first-order chi connectivity index (χ1) is 11.2. The number of rotatable bonds is 2. The number of pyridine rings is 1. The minimum Gasteiger partial charge on any atom is -0.710 e. The van der Waals surface area contributed by atoms with Gasteiger partial charge in [-0.1, -0.05) is 31.2 Å². The summed E-state index contributed by atoms with van der Waals surface area (Å²) in [4.78, 5) is 2.07. The number of benzene rings is 1. The lowest BCUT2D eigenvalue weighted by molar-refractivity contribution is -0.599. The summed E-state index contributed by atoms with van der Waals surface area (Å²) in [6.07, 6.45) is 2.56. The molecular formula is C19H21N3O. The van der Waals surface area contributed by atoms with Gasteiger partial charge in [0, 0.05) is 12.8 Å². The number of aromatic nitrogens is 1. The van der Waals surface area contributed by atoms with E-state index < -0.39 is 0 Å². The van der Waals surface area contributed by atoms with Gasteiger partial charge in [0.1, 0.15) is 17.3 Å². The molecule has 118 valence electrons. The molecule has 0 amide bonds. The average molecular weight is 307 g/mol. The molecule has 2 aromatic rings. The maximum absolute atomic E-state index is 12.7. The Morgan fingerprint density at radius 3 is 2.35 bits per heavy atom. The molecule has 0 unspecified atom stereocenters. The van der Waals surface area contributed by atoms with Crippen LogP contribution < -0.4 is 9.63 Å². The fourth-order valence-electron chi connectivity index (χ4n) is 3.36. The van der Waals surface area contributed by atoms with E-state index >= 15 is 0 Å². The fourth-order valence-corrected chi connectivity index (χ4v) is 3.36. The summed E-state index contributed by atoms with van der Waals surface area (Å²) in [7, 11) is 0. The topological polar surface area (TPSA) is 54.0 Å². The van der Waals surface area contributed by atoms with Crippen LogP contribution in [-0.2, 0) is 19.3 Å². The Kier molecular flexibility index (Phi) is 4.20. The van der Waals surface area contributed by atoms with Gasteiger partial charge < -0.3 is 5.21 Å². The van der Waals surface area contributed by atoms with Gasteiger partial charge in [0.15, 0.2) is 0 Å². The molecule has 4 nitrogen and oxygen atoms in total. The van der Waals surface area contributed by atoms with E-state index in [1.54, 1.807) is 0 Å². The van der Waals surface area contributed by atoms with Gasteiger partial charge in [-0.3, -0.25) is 4.90 Å². The highest BCUT2D eigenvalue weighted by molar-refractivity contribution is 5.53. The minimum atomic E-state index is 0.480. The molecule has 3 rings (SSSR count). The Labute approximate surface area is 137 Å². The Morgan fingerprint density at radius 1 is 1.22 bits per heavy atom. The first kappa shape index (κ1) is 15.4. The second-order valence-electron chi connectivity index (χ2n) is 6.01. The van der Waals surface area contributed by atoms with Crippen LogP contribution in [0.5, 0.6) is 0 Å². The van der Waals surface area contributed by atoms with E-state index in [-0.39, 0.29) is 0 Å². The van der Waals surface area contributed by atoms with Gasteiger partial charge >= 0.3 is 0 Å². The van der Waals surface area contributed by atoms with Crippen LogP contribution in [0.2, 0.25) is 0 Å². The molecule has 1 aromatic carbocycles. The first-order valence-electron chi connectivity index (χ1n) is 8.13. The SMILES string of the molecule is CCc1cc(C#N)c(N2CCc3ccccc3CC2)[n+]([O-])c1C. The van der Waals surface area contributed by atoms with Gasteiger partial charge in [0.05, 0.1) is 13.1 Å². The van der Waals surface area contributed by atoms with Crippen molar-refractivity contribution in [2.24, 2.45) is 0 Å². The normalized spacial score (nSPS) is 14.0. The van der Waals surface area contributed by atoms with Crippen LogP contribution in [0, 0.1) is 23.5 Å². The van der Waals surface area contributed by atoms with Crippen LogP contribution in [0.4, 0.5) is 5.82 Å². The summed E-state index contributed by atoms with van der Waals surface area (Å²) in [5.74, 6) is 0.509. The molecule has 0 aliphatic carbocycles. The zero-order valence-electron chi connectivity index (χ0n) is 13.7. The highest BCUT2D eigenvalue weighted by atomic mass is 16.5. The molecule has 0 radical (unpaired) electrons. The third-order valence-electron chi connectivity index (χ3n) is 4.74. The van der Waals surface area contributed by atoms with Crippen molar-refractivity contribution in [3.8, 4) is 6.07 Å².